The second-order valence-electron chi connectivity index (χ2n) is 7.15. The van der Waals surface area contributed by atoms with Gasteiger partial charge < -0.3 is 10.2 Å². The third-order valence-corrected chi connectivity index (χ3v) is 5.56. The third-order valence-electron chi connectivity index (χ3n) is 5.56. The van der Waals surface area contributed by atoms with Crippen LogP contribution in [-0.2, 0) is 11.3 Å². The van der Waals surface area contributed by atoms with Crippen LogP contribution in [-0.4, -0.2) is 51.0 Å². The van der Waals surface area contributed by atoms with Gasteiger partial charge in [0.2, 0.25) is 5.91 Å². The van der Waals surface area contributed by atoms with E-state index in [1.807, 2.05) is 18.0 Å². The van der Waals surface area contributed by atoms with Gasteiger partial charge in [-0.1, -0.05) is 17.3 Å². The van der Waals surface area contributed by atoms with Gasteiger partial charge >= 0.3 is 0 Å². The van der Waals surface area contributed by atoms with Crippen LogP contribution in [0.3, 0.4) is 0 Å². The van der Waals surface area contributed by atoms with Crippen LogP contribution in [0.1, 0.15) is 32.1 Å². The molecule has 1 N–H and O–H groups in total. The quantitative estimate of drug-likeness (QED) is 0.869. The minimum Gasteiger partial charge on any atom is -0.343 e. The van der Waals surface area contributed by atoms with Crippen LogP contribution < -0.4 is 10.9 Å². The van der Waals surface area contributed by atoms with Gasteiger partial charge in [-0.25, -0.2) is 4.68 Å². The smallest absolute Gasteiger partial charge is 0.277 e. The molecule has 1 aromatic carbocycles. The number of aromatic nitrogens is 3. The Bertz CT molecular complexity index is 843. The van der Waals surface area contributed by atoms with Crippen molar-refractivity contribution in [2.45, 2.75) is 56.8 Å². The highest BCUT2D eigenvalue weighted by Gasteiger charge is 2.36. The lowest BCUT2D eigenvalue weighted by Gasteiger charge is -2.35. The Morgan fingerprint density at radius 2 is 1.96 bits per heavy atom. The number of rotatable bonds is 4. The maximum Gasteiger partial charge on any atom is 0.277 e. The predicted octanol–water partition coefficient (Wildman–Crippen LogP) is 1.34. The predicted molar refractivity (Wildman–Crippen MR) is 101 cm³/mol. The Hall–Kier alpha value is -1.99. The van der Waals surface area contributed by atoms with Crippen molar-refractivity contribution in [2.75, 3.05) is 7.05 Å². The van der Waals surface area contributed by atoms with Crippen molar-refractivity contribution in [1.82, 2.24) is 25.2 Å². The number of benzene rings is 1. The van der Waals surface area contributed by atoms with Crippen molar-refractivity contribution in [3.63, 3.8) is 0 Å². The van der Waals surface area contributed by atoms with Crippen LogP contribution in [0.4, 0.5) is 0 Å². The van der Waals surface area contributed by atoms with E-state index in [9.17, 15) is 9.59 Å². The highest BCUT2D eigenvalue weighted by atomic mass is 35.5. The largest absolute Gasteiger partial charge is 0.343 e. The molecule has 7 nitrogen and oxygen atoms in total. The van der Waals surface area contributed by atoms with Crippen molar-refractivity contribution in [2.24, 2.45) is 0 Å². The van der Waals surface area contributed by atoms with Crippen LogP contribution in [0, 0.1) is 0 Å². The Morgan fingerprint density at radius 1 is 1.27 bits per heavy atom. The number of halogens is 1. The molecule has 1 amide bonds. The van der Waals surface area contributed by atoms with Gasteiger partial charge in [0.05, 0.1) is 11.9 Å². The second kappa shape index (κ2) is 7.72. The number of carbonyl (C=O) groups excluding carboxylic acids is 1. The lowest BCUT2D eigenvalue weighted by atomic mass is 9.98. The van der Waals surface area contributed by atoms with E-state index < -0.39 is 0 Å². The number of aryl methyl sites for hydroxylation is 1. The summed E-state index contributed by atoms with van der Waals surface area (Å²) in [5.74, 6) is 0.0631. The lowest BCUT2D eigenvalue weighted by molar-refractivity contribution is -0.133. The zero-order chi connectivity index (χ0) is 17.4. The molecule has 8 heteroatoms. The fraction of sp³-hybridized carbons (Fsp3) is 0.556. The number of nitrogens with zero attached hydrogens (tertiary/aromatic N) is 4. The molecule has 2 bridgehead atoms. The highest BCUT2D eigenvalue weighted by molar-refractivity contribution is 5.85. The minimum atomic E-state index is -0.194. The first-order valence-corrected chi connectivity index (χ1v) is 8.96. The number of fused-ring (bicyclic) bond motifs is 3. The normalized spacial score (nSPS) is 24.3. The van der Waals surface area contributed by atoms with Crippen molar-refractivity contribution < 1.29 is 4.79 Å². The monoisotopic (exact) mass is 377 g/mol. The highest BCUT2D eigenvalue weighted by Crippen LogP contribution is 2.29. The van der Waals surface area contributed by atoms with Gasteiger partial charge in [0.15, 0.2) is 0 Å². The molecule has 0 spiro atoms. The summed E-state index contributed by atoms with van der Waals surface area (Å²) in [6.07, 6.45) is 4.74. The van der Waals surface area contributed by atoms with Gasteiger partial charge in [-0.3, -0.25) is 9.59 Å². The Labute approximate surface area is 158 Å². The van der Waals surface area contributed by atoms with Gasteiger partial charge in [-0.15, -0.1) is 17.5 Å². The number of nitrogens with one attached hydrogen (secondary N) is 1. The van der Waals surface area contributed by atoms with E-state index in [1.54, 1.807) is 18.2 Å². The number of carbonyl (C=O) groups is 1. The molecular weight excluding hydrogens is 354 g/mol. The molecule has 4 rings (SSSR count). The zero-order valence-electron chi connectivity index (χ0n) is 14.8. The summed E-state index contributed by atoms with van der Waals surface area (Å²) in [6, 6.07) is 8.53. The molecule has 2 aliphatic heterocycles. The molecule has 26 heavy (non-hydrogen) atoms. The molecular formula is C18H24ClN5O2. The van der Waals surface area contributed by atoms with Crippen molar-refractivity contribution in [3.05, 3.63) is 34.6 Å². The van der Waals surface area contributed by atoms with Gasteiger partial charge in [-0.05, 0) is 37.8 Å². The van der Waals surface area contributed by atoms with E-state index in [0.29, 0.717) is 29.0 Å². The molecule has 2 aliphatic rings. The van der Waals surface area contributed by atoms with Crippen molar-refractivity contribution in [3.8, 4) is 0 Å². The van der Waals surface area contributed by atoms with Crippen LogP contribution in [0.15, 0.2) is 29.1 Å². The molecule has 3 heterocycles. The van der Waals surface area contributed by atoms with Gasteiger partial charge in [0.1, 0.15) is 5.52 Å². The summed E-state index contributed by atoms with van der Waals surface area (Å²) >= 11 is 0. The Balaban J connectivity index is 0.00000196. The van der Waals surface area contributed by atoms with E-state index in [2.05, 4.69) is 15.6 Å². The molecule has 2 atom stereocenters. The SMILES string of the molecule is CN(C(=O)CCn1nnc2ccccc2c1=O)C1CC2CCC(C1)N2.Cl. The number of hydrogen-bond donors (Lipinski definition) is 1. The summed E-state index contributed by atoms with van der Waals surface area (Å²) in [5.41, 5.74) is 0.387. The molecule has 2 fully saturated rings. The van der Waals surface area contributed by atoms with Gasteiger partial charge in [0.25, 0.3) is 5.56 Å². The van der Waals surface area contributed by atoms with E-state index in [1.165, 1.54) is 17.5 Å². The Kier molecular flexibility index (Phi) is 5.58. The van der Waals surface area contributed by atoms with E-state index in [4.69, 9.17) is 0 Å². The van der Waals surface area contributed by atoms with Crippen LogP contribution in [0.25, 0.3) is 10.9 Å². The standard InChI is InChI=1S/C18H23N5O2.ClH/c1-22(14-10-12-6-7-13(11-14)19-12)17(24)8-9-23-18(25)15-4-2-3-5-16(15)20-21-23;/h2-5,12-14,19H,6-11H2,1H3;1H. The third kappa shape index (κ3) is 3.59. The molecule has 2 aromatic rings. The summed E-state index contributed by atoms with van der Waals surface area (Å²) < 4.78 is 1.29. The maximum absolute atomic E-state index is 12.6. The van der Waals surface area contributed by atoms with Crippen LogP contribution in [0.5, 0.6) is 0 Å². The topological polar surface area (TPSA) is 80.1 Å². The van der Waals surface area contributed by atoms with Crippen molar-refractivity contribution >= 4 is 29.2 Å². The summed E-state index contributed by atoms with van der Waals surface area (Å²) in [4.78, 5) is 26.9. The number of hydrogen-bond acceptors (Lipinski definition) is 5. The fourth-order valence-electron chi connectivity index (χ4n) is 4.09. The van der Waals surface area contributed by atoms with Gasteiger partial charge in [-0.2, -0.15) is 0 Å². The number of amides is 1. The van der Waals surface area contributed by atoms with E-state index in [-0.39, 0.29) is 36.8 Å². The molecule has 2 unspecified atom stereocenters. The summed E-state index contributed by atoms with van der Waals surface area (Å²) in [7, 11) is 1.88. The zero-order valence-corrected chi connectivity index (χ0v) is 15.6. The minimum absolute atomic E-state index is 0. The average Bonchev–Trinajstić information content (AvgIpc) is 2.98. The second-order valence-corrected chi connectivity index (χ2v) is 7.15. The lowest BCUT2D eigenvalue weighted by Crippen LogP contribution is -2.49. The van der Waals surface area contributed by atoms with Crippen LogP contribution in [0.2, 0.25) is 0 Å². The maximum atomic E-state index is 12.6. The molecule has 0 saturated carbocycles. The molecule has 0 radical (unpaired) electrons. The van der Waals surface area contributed by atoms with Crippen molar-refractivity contribution in [1.29, 1.82) is 0 Å². The first-order chi connectivity index (χ1) is 12.1. The summed E-state index contributed by atoms with van der Waals surface area (Å²) in [6.45, 7) is 0.262. The van der Waals surface area contributed by atoms with Crippen LogP contribution >= 0.6 is 12.4 Å². The Morgan fingerprint density at radius 3 is 2.69 bits per heavy atom. The summed E-state index contributed by atoms with van der Waals surface area (Å²) in [5, 5.41) is 12.2. The first kappa shape index (κ1) is 18.8. The molecule has 2 saturated heterocycles. The van der Waals surface area contributed by atoms with E-state index in [0.717, 1.165) is 12.8 Å². The number of piperidine rings is 1. The molecule has 1 aromatic heterocycles. The average molecular weight is 378 g/mol. The first-order valence-electron chi connectivity index (χ1n) is 8.96. The van der Waals surface area contributed by atoms with E-state index >= 15 is 0 Å². The molecule has 0 aliphatic carbocycles. The molecule has 140 valence electrons. The van der Waals surface area contributed by atoms with Gasteiger partial charge in [0, 0.05) is 31.6 Å². The fourth-order valence-corrected chi connectivity index (χ4v) is 4.09.